The maximum atomic E-state index is 3.25. The Morgan fingerprint density at radius 2 is 1.60 bits per heavy atom. The van der Waals surface area contributed by atoms with E-state index >= 15 is 0 Å². The molecule has 0 spiro atoms. The van der Waals surface area contributed by atoms with Crippen LogP contribution in [0.15, 0.2) is 12.7 Å². The molecule has 0 N–H and O–H groups in total. The summed E-state index contributed by atoms with van der Waals surface area (Å²) in [5.41, 5.74) is 0. The van der Waals surface area contributed by atoms with Gasteiger partial charge in [-0.25, -0.2) is 19.6 Å². The van der Waals surface area contributed by atoms with Gasteiger partial charge in [0.05, 0.1) is 0 Å². The Bertz CT molecular complexity index is 14.4. The van der Waals surface area contributed by atoms with Gasteiger partial charge in [-0.3, -0.25) is 0 Å². The summed E-state index contributed by atoms with van der Waals surface area (Å²) in [5, 5.41) is 0. The zero-order valence-corrected chi connectivity index (χ0v) is 4.23. The van der Waals surface area contributed by atoms with Crippen molar-refractivity contribution in [3.05, 3.63) is 19.6 Å². The second-order valence-electron chi connectivity index (χ2n) is 0.289. The van der Waals surface area contributed by atoms with E-state index in [2.05, 4.69) is 13.5 Å². The van der Waals surface area contributed by atoms with Crippen LogP contribution in [-0.2, 0) is 17.1 Å². The Balaban J connectivity index is -0.0000000200. The molecule has 0 heterocycles. The van der Waals surface area contributed by atoms with E-state index in [1.54, 1.807) is 0 Å². The molecule has 0 nitrogen and oxygen atoms in total. The molecule has 0 bridgehead atoms. The molecule has 0 rings (SSSR count). The van der Waals surface area contributed by atoms with Crippen LogP contribution in [-0.4, -0.2) is 18.9 Å². The molecule has 1 radical (unpaired) electrons. The molecular weight excluding hydrogens is 107 g/mol. The van der Waals surface area contributed by atoms with Crippen LogP contribution in [0.3, 0.4) is 0 Å². The Morgan fingerprint density at radius 3 is 1.60 bits per heavy atom. The van der Waals surface area contributed by atoms with E-state index in [9.17, 15) is 0 Å². The van der Waals surface area contributed by atoms with Crippen molar-refractivity contribution >= 4 is 18.9 Å². The fraction of sp³-hybridized carbons (Fsp3) is 0. The minimum atomic E-state index is 0. The molecule has 29 valence electrons. The standard InChI is InChI=1S/C3H5.Cu.Li/c1-3-2;;/h3H,1-2H2;;/q-1;+1;. The van der Waals surface area contributed by atoms with Gasteiger partial charge < -0.3 is 0 Å². The van der Waals surface area contributed by atoms with Crippen LogP contribution in [0.5, 0.6) is 0 Å². The first kappa shape index (κ1) is 17.2. The van der Waals surface area contributed by atoms with E-state index in [-0.39, 0.29) is 35.9 Å². The molecular formula is C3H5CuLi. The van der Waals surface area contributed by atoms with Crippen molar-refractivity contribution in [1.82, 2.24) is 0 Å². The second kappa shape index (κ2) is 22.0. The number of hydrogen-bond donors (Lipinski definition) is 0. The van der Waals surface area contributed by atoms with E-state index < -0.39 is 0 Å². The first-order valence-corrected chi connectivity index (χ1v) is 0.816. The molecule has 0 aromatic rings. The second-order valence-corrected chi connectivity index (χ2v) is 0.289. The summed E-state index contributed by atoms with van der Waals surface area (Å²) in [6.45, 7) is 6.50. The van der Waals surface area contributed by atoms with Crippen LogP contribution in [0.4, 0.5) is 0 Å². The summed E-state index contributed by atoms with van der Waals surface area (Å²) in [6.07, 6.45) is 1.50. The summed E-state index contributed by atoms with van der Waals surface area (Å²) in [5.74, 6) is 0. The molecule has 2 heteroatoms. The van der Waals surface area contributed by atoms with Gasteiger partial charge >= 0.3 is 17.1 Å². The molecule has 0 aliphatic heterocycles. The van der Waals surface area contributed by atoms with Crippen molar-refractivity contribution < 1.29 is 17.1 Å². The van der Waals surface area contributed by atoms with E-state index in [4.69, 9.17) is 0 Å². The molecule has 0 atom stereocenters. The molecule has 0 aliphatic carbocycles. The average Bonchev–Trinajstić information content (AvgIpc) is 0.918. The van der Waals surface area contributed by atoms with Crippen molar-refractivity contribution in [2.75, 3.05) is 0 Å². The van der Waals surface area contributed by atoms with Crippen LogP contribution >= 0.6 is 0 Å². The zero-order chi connectivity index (χ0) is 2.71. The van der Waals surface area contributed by atoms with Crippen LogP contribution in [0.2, 0.25) is 0 Å². The van der Waals surface area contributed by atoms with Gasteiger partial charge in [0.2, 0.25) is 0 Å². The molecule has 5 heavy (non-hydrogen) atoms. The Kier molecular flexibility index (Phi) is 75.8. The Labute approximate surface area is 55.7 Å². The minimum Gasteiger partial charge on any atom is -0.245 e. The number of rotatable bonds is 0. The molecule has 0 saturated carbocycles. The van der Waals surface area contributed by atoms with Gasteiger partial charge in [0.1, 0.15) is 0 Å². The van der Waals surface area contributed by atoms with Crippen LogP contribution in [0.25, 0.3) is 0 Å². The zero-order valence-electron chi connectivity index (χ0n) is 3.29. The molecule has 0 saturated heterocycles. The van der Waals surface area contributed by atoms with Crippen molar-refractivity contribution in [1.29, 1.82) is 0 Å². The third-order valence-electron chi connectivity index (χ3n) is 0. The predicted octanol–water partition coefficient (Wildman–Crippen LogP) is 0.623. The molecule has 0 fully saturated rings. The van der Waals surface area contributed by atoms with Crippen LogP contribution in [0.1, 0.15) is 0 Å². The first-order valence-electron chi connectivity index (χ1n) is 0.816. The summed E-state index contributed by atoms with van der Waals surface area (Å²) in [6, 6.07) is 0. The van der Waals surface area contributed by atoms with Gasteiger partial charge in [0.15, 0.2) is 0 Å². The van der Waals surface area contributed by atoms with Crippen molar-refractivity contribution in [3.8, 4) is 0 Å². The van der Waals surface area contributed by atoms with Crippen molar-refractivity contribution in [2.45, 2.75) is 0 Å². The van der Waals surface area contributed by atoms with Gasteiger partial charge in [0, 0.05) is 18.9 Å². The smallest absolute Gasteiger partial charge is 0.245 e. The monoisotopic (exact) mass is 111 g/mol. The maximum Gasteiger partial charge on any atom is 1.00 e. The van der Waals surface area contributed by atoms with Crippen molar-refractivity contribution in [2.24, 2.45) is 0 Å². The summed E-state index contributed by atoms with van der Waals surface area (Å²) >= 11 is 0. The largest absolute Gasteiger partial charge is 1.00 e. The van der Waals surface area contributed by atoms with E-state index in [1.807, 2.05) is 0 Å². The third kappa shape index (κ3) is 66.5. The molecule has 0 amide bonds. The molecule has 0 aromatic carbocycles. The first-order chi connectivity index (χ1) is 1.41. The molecule has 0 aromatic heterocycles. The van der Waals surface area contributed by atoms with Gasteiger partial charge in [-0.1, -0.05) is 0 Å². The topological polar surface area (TPSA) is 0 Å². The Hall–Kier alpha value is 0.727. The van der Waals surface area contributed by atoms with Gasteiger partial charge in [-0.2, -0.15) is 0 Å². The molecule has 0 unspecified atom stereocenters. The van der Waals surface area contributed by atoms with E-state index in [0.717, 1.165) is 0 Å². The summed E-state index contributed by atoms with van der Waals surface area (Å²) < 4.78 is 0. The predicted molar refractivity (Wildman–Crippen MR) is 21.3 cm³/mol. The fourth-order valence-corrected chi connectivity index (χ4v) is 0. The van der Waals surface area contributed by atoms with E-state index in [0.29, 0.717) is 0 Å². The van der Waals surface area contributed by atoms with E-state index in [1.165, 1.54) is 6.08 Å². The minimum absolute atomic E-state index is 0. The Morgan fingerprint density at radius 1 is 1.60 bits per heavy atom. The molecule has 0 aliphatic rings. The normalized spacial score (nSPS) is 2.40. The van der Waals surface area contributed by atoms with Crippen LogP contribution in [0, 0.1) is 6.92 Å². The fourth-order valence-electron chi connectivity index (χ4n) is 0. The third-order valence-corrected chi connectivity index (χ3v) is 0. The average molecular weight is 112 g/mol. The van der Waals surface area contributed by atoms with Crippen molar-refractivity contribution in [3.63, 3.8) is 0 Å². The maximum absolute atomic E-state index is 3.25. The SMILES string of the molecule is C=C[CH2-].[Cu+].[Li]. The number of hydrogen-bond acceptors (Lipinski definition) is 0. The number of allylic oxidation sites excluding steroid dienone is 1. The summed E-state index contributed by atoms with van der Waals surface area (Å²) in [4.78, 5) is 0. The van der Waals surface area contributed by atoms with Gasteiger partial charge in [-0.05, 0) is 0 Å². The van der Waals surface area contributed by atoms with Gasteiger partial charge in [0.25, 0.3) is 0 Å². The van der Waals surface area contributed by atoms with Gasteiger partial charge in [-0.15, -0.1) is 0 Å². The summed E-state index contributed by atoms with van der Waals surface area (Å²) in [7, 11) is 0. The van der Waals surface area contributed by atoms with Crippen LogP contribution < -0.4 is 0 Å². The quantitative estimate of drug-likeness (QED) is 0.318.